The Kier molecular flexibility index (Phi) is 4.65. The molecular weight excluding hydrogens is 302 g/mol. The Labute approximate surface area is 132 Å². The fourth-order valence-electron chi connectivity index (χ4n) is 1.99. The van der Waals surface area contributed by atoms with E-state index in [0.29, 0.717) is 11.3 Å². The summed E-state index contributed by atoms with van der Waals surface area (Å²) in [5.41, 5.74) is -0.631. The first kappa shape index (κ1) is 16.5. The monoisotopic (exact) mass is 316 g/mol. The van der Waals surface area contributed by atoms with E-state index in [1.54, 1.807) is 31.2 Å². The summed E-state index contributed by atoms with van der Waals surface area (Å²) >= 11 is 0. The van der Waals surface area contributed by atoms with Crippen molar-refractivity contribution in [1.82, 2.24) is 0 Å². The van der Waals surface area contributed by atoms with Crippen LogP contribution in [-0.2, 0) is 15.1 Å². The van der Waals surface area contributed by atoms with Gasteiger partial charge < -0.3 is 9.47 Å². The first-order valence-electron chi connectivity index (χ1n) is 6.75. The SMILES string of the molecule is C#CC(C)(OC(C)=O)c1ccc(Oc2ccc(F)cc2F)cc1. The Morgan fingerprint density at radius 3 is 2.35 bits per heavy atom. The summed E-state index contributed by atoms with van der Waals surface area (Å²) in [5, 5.41) is 0. The second-order valence-electron chi connectivity index (χ2n) is 4.97. The smallest absolute Gasteiger partial charge is 0.304 e. The lowest BCUT2D eigenvalue weighted by Gasteiger charge is -2.23. The molecule has 0 aromatic heterocycles. The fraction of sp³-hybridized carbons (Fsp3) is 0.167. The first-order valence-corrected chi connectivity index (χ1v) is 6.75. The second kappa shape index (κ2) is 6.49. The molecule has 0 aliphatic carbocycles. The van der Waals surface area contributed by atoms with Crippen LogP contribution in [0.25, 0.3) is 0 Å². The van der Waals surface area contributed by atoms with Crippen LogP contribution in [0.4, 0.5) is 8.78 Å². The number of benzene rings is 2. The number of esters is 1. The molecule has 5 heteroatoms. The molecule has 118 valence electrons. The maximum Gasteiger partial charge on any atom is 0.304 e. The zero-order valence-corrected chi connectivity index (χ0v) is 12.6. The highest BCUT2D eigenvalue weighted by atomic mass is 19.1. The van der Waals surface area contributed by atoms with E-state index in [0.717, 1.165) is 12.1 Å². The van der Waals surface area contributed by atoms with Crippen molar-refractivity contribution >= 4 is 5.97 Å². The van der Waals surface area contributed by atoms with E-state index in [4.69, 9.17) is 15.9 Å². The number of carbonyl (C=O) groups excluding carboxylic acids is 1. The lowest BCUT2D eigenvalue weighted by Crippen LogP contribution is -2.26. The third-order valence-corrected chi connectivity index (χ3v) is 3.15. The summed E-state index contributed by atoms with van der Waals surface area (Å²) in [5.74, 6) is 0.673. The van der Waals surface area contributed by atoms with Gasteiger partial charge in [-0.1, -0.05) is 18.1 Å². The summed E-state index contributed by atoms with van der Waals surface area (Å²) in [4.78, 5) is 11.1. The molecule has 0 amide bonds. The quantitative estimate of drug-likeness (QED) is 0.627. The van der Waals surface area contributed by atoms with E-state index >= 15 is 0 Å². The van der Waals surface area contributed by atoms with Crippen molar-refractivity contribution in [2.75, 3.05) is 0 Å². The summed E-state index contributed by atoms with van der Waals surface area (Å²) in [6, 6.07) is 9.36. The normalized spacial score (nSPS) is 12.8. The van der Waals surface area contributed by atoms with Crippen LogP contribution in [0, 0.1) is 24.0 Å². The molecule has 0 aliphatic rings. The fourth-order valence-corrected chi connectivity index (χ4v) is 1.99. The first-order chi connectivity index (χ1) is 10.8. The van der Waals surface area contributed by atoms with Crippen molar-refractivity contribution in [2.24, 2.45) is 0 Å². The van der Waals surface area contributed by atoms with Crippen LogP contribution in [0.2, 0.25) is 0 Å². The predicted octanol–water partition coefficient (Wildman–Crippen LogP) is 4.17. The average molecular weight is 316 g/mol. The highest BCUT2D eigenvalue weighted by Crippen LogP contribution is 2.29. The van der Waals surface area contributed by atoms with E-state index in [9.17, 15) is 13.6 Å². The number of carbonyl (C=O) groups is 1. The van der Waals surface area contributed by atoms with Gasteiger partial charge in [-0.15, -0.1) is 6.42 Å². The van der Waals surface area contributed by atoms with Gasteiger partial charge in [0.25, 0.3) is 0 Å². The number of hydrogen-bond donors (Lipinski definition) is 0. The zero-order chi connectivity index (χ0) is 17.0. The molecule has 0 radical (unpaired) electrons. The molecular formula is C18H14F2O3. The number of terminal acetylenes is 1. The molecule has 23 heavy (non-hydrogen) atoms. The molecule has 0 saturated carbocycles. The van der Waals surface area contributed by atoms with Gasteiger partial charge in [0, 0.05) is 18.6 Å². The molecule has 2 aromatic rings. The molecule has 0 bridgehead atoms. The number of rotatable bonds is 4. The molecule has 0 aliphatic heterocycles. The van der Waals surface area contributed by atoms with E-state index in [1.807, 2.05) is 0 Å². The van der Waals surface area contributed by atoms with Crippen molar-refractivity contribution in [3.63, 3.8) is 0 Å². The minimum Gasteiger partial charge on any atom is -0.454 e. The summed E-state index contributed by atoms with van der Waals surface area (Å²) in [6.45, 7) is 2.86. The van der Waals surface area contributed by atoms with Gasteiger partial charge in [0.05, 0.1) is 0 Å². The lowest BCUT2D eigenvalue weighted by molar-refractivity contribution is -0.151. The van der Waals surface area contributed by atoms with E-state index < -0.39 is 23.2 Å². The molecule has 3 nitrogen and oxygen atoms in total. The highest BCUT2D eigenvalue weighted by molar-refractivity contribution is 5.67. The van der Waals surface area contributed by atoms with Gasteiger partial charge in [0.2, 0.25) is 0 Å². The van der Waals surface area contributed by atoms with Crippen LogP contribution in [0.1, 0.15) is 19.4 Å². The van der Waals surface area contributed by atoms with Crippen molar-refractivity contribution < 1.29 is 23.0 Å². The van der Waals surface area contributed by atoms with Crippen LogP contribution in [0.3, 0.4) is 0 Å². The molecule has 0 heterocycles. The van der Waals surface area contributed by atoms with Crippen molar-refractivity contribution in [3.8, 4) is 23.8 Å². The lowest BCUT2D eigenvalue weighted by atomic mass is 9.96. The Morgan fingerprint density at radius 2 is 1.83 bits per heavy atom. The average Bonchev–Trinajstić information content (AvgIpc) is 2.50. The van der Waals surface area contributed by atoms with E-state index in [2.05, 4.69) is 5.92 Å². The molecule has 1 unspecified atom stereocenters. The Balaban J connectivity index is 2.22. The largest absolute Gasteiger partial charge is 0.454 e. The van der Waals surface area contributed by atoms with Gasteiger partial charge in [0.1, 0.15) is 11.6 Å². The third kappa shape index (κ3) is 3.86. The molecule has 2 aromatic carbocycles. The maximum atomic E-state index is 13.6. The Morgan fingerprint density at radius 1 is 1.17 bits per heavy atom. The van der Waals surface area contributed by atoms with Gasteiger partial charge >= 0.3 is 5.97 Å². The minimum absolute atomic E-state index is 0.0983. The number of hydrogen-bond acceptors (Lipinski definition) is 3. The van der Waals surface area contributed by atoms with E-state index in [-0.39, 0.29) is 5.75 Å². The van der Waals surface area contributed by atoms with Crippen molar-refractivity contribution in [1.29, 1.82) is 0 Å². The number of halogens is 2. The van der Waals surface area contributed by atoms with Gasteiger partial charge in [-0.25, -0.2) is 8.78 Å². The second-order valence-corrected chi connectivity index (χ2v) is 4.97. The van der Waals surface area contributed by atoms with Gasteiger partial charge in [-0.3, -0.25) is 4.79 Å². The van der Waals surface area contributed by atoms with Crippen LogP contribution >= 0.6 is 0 Å². The van der Waals surface area contributed by atoms with Crippen LogP contribution < -0.4 is 4.74 Å². The Hall–Kier alpha value is -2.87. The number of ether oxygens (including phenoxy) is 2. The standard InChI is InChI=1S/C18H14F2O3/c1-4-18(3,23-12(2)21)13-5-8-15(9-6-13)22-17-10-7-14(19)11-16(17)20/h1,5-11H,2-3H3. The molecule has 2 rings (SSSR count). The summed E-state index contributed by atoms with van der Waals surface area (Å²) in [6.07, 6.45) is 5.44. The predicted molar refractivity (Wildman–Crippen MR) is 80.8 cm³/mol. The summed E-state index contributed by atoms with van der Waals surface area (Å²) < 4.78 is 36.9. The van der Waals surface area contributed by atoms with Crippen molar-refractivity contribution in [2.45, 2.75) is 19.4 Å². The van der Waals surface area contributed by atoms with Crippen LogP contribution in [0.15, 0.2) is 42.5 Å². The summed E-state index contributed by atoms with van der Waals surface area (Å²) in [7, 11) is 0. The van der Waals surface area contributed by atoms with Crippen molar-refractivity contribution in [3.05, 3.63) is 59.7 Å². The molecule has 1 atom stereocenters. The molecule has 0 fully saturated rings. The van der Waals surface area contributed by atoms with Gasteiger partial charge in [-0.2, -0.15) is 0 Å². The maximum absolute atomic E-state index is 13.6. The van der Waals surface area contributed by atoms with Gasteiger partial charge in [-0.05, 0) is 31.2 Å². The minimum atomic E-state index is -1.20. The Bertz CT molecular complexity index is 763. The van der Waals surface area contributed by atoms with E-state index in [1.165, 1.54) is 13.0 Å². The third-order valence-electron chi connectivity index (χ3n) is 3.15. The van der Waals surface area contributed by atoms with Crippen LogP contribution in [0.5, 0.6) is 11.5 Å². The highest BCUT2D eigenvalue weighted by Gasteiger charge is 2.27. The topological polar surface area (TPSA) is 35.5 Å². The molecule has 0 saturated heterocycles. The van der Waals surface area contributed by atoms with Gasteiger partial charge in [0.15, 0.2) is 17.2 Å². The molecule has 0 N–H and O–H groups in total. The van der Waals surface area contributed by atoms with Crippen LogP contribution in [-0.4, -0.2) is 5.97 Å². The zero-order valence-electron chi connectivity index (χ0n) is 12.6. The molecule has 0 spiro atoms.